The lowest BCUT2D eigenvalue weighted by atomic mass is 10.1. The van der Waals surface area contributed by atoms with Crippen molar-refractivity contribution < 1.29 is 0 Å². The van der Waals surface area contributed by atoms with Crippen molar-refractivity contribution >= 4 is 23.1 Å². The predicted octanol–water partition coefficient (Wildman–Crippen LogP) is 3.92. The number of nitrogens with zero attached hydrogens (tertiary/aromatic N) is 2. The van der Waals surface area contributed by atoms with Gasteiger partial charge in [-0.05, 0) is 42.8 Å². The van der Waals surface area contributed by atoms with Gasteiger partial charge in [-0.1, -0.05) is 29.8 Å². The van der Waals surface area contributed by atoms with Crippen molar-refractivity contribution in [3.05, 3.63) is 68.8 Å². The first-order chi connectivity index (χ1) is 9.66. The van der Waals surface area contributed by atoms with E-state index in [2.05, 4.69) is 4.37 Å². The van der Waals surface area contributed by atoms with Crippen LogP contribution in [0.4, 0.5) is 0 Å². The highest BCUT2D eigenvalue weighted by Crippen LogP contribution is 2.23. The van der Waals surface area contributed by atoms with Gasteiger partial charge in [-0.3, -0.25) is 4.79 Å². The van der Waals surface area contributed by atoms with E-state index in [1.807, 2.05) is 43.3 Å². The zero-order chi connectivity index (χ0) is 14.1. The zero-order valence-electron chi connectivity index (χ0n) is 10.7. The molecule has 3 nitrogen and oxygen atoms in total. The fourth-order valence-electron chi connectivity index (χ4n) is 2.06. The molecule has 0 aliphatic heterocycles. The molecule has 3 rings (SSSR count). The molecule has 0 bridgehead atoms. The zero-order valence-corrected chi connectivity index (χ0v) is 12.3. The Balaban J connectivity index is 2.23. The second-order valence-electron chi connectivity index (χ2n) is 4.40. The van der Waals surface area contributed by atoms with Gasteiger partial charge in [0.05, 0.1) is 5.69 Å². The van der Waals surface area contributed by atoms with E-state index in [1.165, 1.54) is 0 Å². The van der Waals surface area contributed by atoms with Crippen molar-refractivity contribution in [3.63, 3.8) is 0 Å². The SMILES string of the molecule is Cc1ccccc1-n1c(-c2ccc(Cl)cc2)nsc1=O. The summed E-state index contributed by atoms with van der Waals surface area (Å²) in [5, 5.41) is 0.661. The van der Waals surface area contributed by atoms with E-state index in [9.17, 15) is 4.79 Å². The molecule has 0 aliphatic rings. The highest BCUT2D eigenvalue weighted by atomic mass is 35.5. The third-order valence-corrected chi connectivity index (χ3v) is 3.92. The molecule has 0 atom stereocenters. The van der Waals surface area contributed by atoms with Gasteiger partial charge in [0.1, 0.15) is 0 Å². The van der Waals surface area contributed by atoms with E-state index in [0.29, 0.717) is 10.8 Å². The Labute approximate surface area is 125 Å². The fraction of sp³-hybridized carbons (Fsp3) is 0.0667. The molecule has 2 aromatic carbocycles. The van der Waals surface area contributed by atoms with Gasteiger partial charge in [0.25, 0.3) is 0 Å². The minimum absolute atomic E-state index is 0.0933. The van der Waals surface area contributed by atoms with Gasteiger partial charge in [0, 0.05) is 22.1 Å². The topological polar surface area (TPSA) is 34.9 Å². The first-order valence-corrected chi connectivity index (χ1v) is 7.22. The van der Waals surface area contributed by atoms with Crippen molar-refractivity contribution in [2.75, 3.05) is 0 Å². The quantitative estimate of drug-likeness (QED) is 0.719. The molecule has 0 saturated heterocycles. The van der Waals surface area contributed by atoms with Crippen LogP contribution in [0.25, 0.3) is 17.1 Å². The van der Waals surface area contributed by atoms with Crippen LogP contribution in [0.3, 0.4) is 0 Å². The summed E-state index contributed by atoms with van der Waals surface area (Å²) in [4.78, 5) is 12.0. The molecule has 3 aromatic rings. The molecule has 0 N–H and O–H groups in total. The lowest BCUT2D eigenvalue weighted by Gasteiger charge is -2.09. The molecule has 0 unspecified atom stereocenters. The summed E-state index contributed by atoms with van der Waals surface area (Å²) in [6.07, 6.45) is 0. The Morgan fingerprint density at radius 2 is 1.80 bits per heavy atom. The summed E-state index contributed by atoms with van der Waals surface area (Å²) in [6.45, 7) is 1.98. The number of aryl methyl sites for hydroxylation is 1. The summed E-state index contributed by atoms with van der Waals surface area (Å²) in [5.41, 5.74) is 2.76. The van der Waals surface area contributed by atoms with Crippen molar-refractivity contribution in [2.45, 2.75) is 6.92 Å². The van der Waals surface area contributed by atoms with Crippen LogP contribution in [0.2, 0.25) is 5.02 Å². The molecule has 20 heavy (non-hydrogen) atoms. The Kier molecular flexibility index (Phi) is 3.42. The third-order valence-electron chi connectivity index (χ3n) is 3.06. The van der Waals surface area contributed by atoms with E-state index in [-0.39, 0.29) is 4.87 Å². The minimum atomic E-state index is -0.0933. The third kappa shape index (κ3) is 2.28. The van der Waals surface area contributed by atoms with Gasteiger partial charge in [-0.15, -0.1) is 0 Å². The predicted molar refractivity (Wildman–Crippen MR) is 82.9 cm³/mol. The molecule has 0 aliphatic carbocycles. The van der Waals surface area contributed by atoms with E-state index in [0.717, 1.165) is 28.3 Å². The molecule has 1 heterocycles. The highest BCUT2D eigenvalue weighted by Gasteiger charge is 2.14. The van der Waals surface area contributed by atoms with Crippen LogP contribution in [0.1, 0.15) is 5.56 Å². The maximum atomic E-state index is 12.1. The number of hydrogen-bond donors (Lipinski definition) is 0. The molecular formula is C15H11ClN2OS. The first kappa shape index (κ1) is 13.1. The van der Waals surface area contributed by atoms with Crippen LogP contribution in [0.5, 0.6) is 0 Å². The molecule has 0 saturated carbocycles. The Morgan fingerprint density at radius 3 is 2.50 bits per heavy atom. The lowest BCUT2D eigenvalue weighted by Crippen LogP contribution is -2.13. The van der Waals surface area contributed by atoms with Crippen LogP contribution in [-0.2, 0) is 0 Å². The smallest absolute Gasteiger partial charge is 0.255 e. The maximum absolute atomic E-state index is 12.1. The van der Waals surface area contributed by atoms with Gasteiger partial charge >= 0.3 is 4.87 Å². The van der Waals surface area contributed by atoms with Gasteiger partial charge in [0.2, 0.25) is 0 Å². The first-order valence-electron chi connectivity index (χ1n) is 6.07. The lowest BCUT2D eigenvalue weighted by molar-refractivity contribution is 1.01. The summed E-state index contributed by atoms with van der Waals surface area (Å²) in [6, 6.07) is 15.1. The second-order valence-corrected chi connectivity index (χ2v) is 5.55. The van der Waals surface area contributed by atoms with Crippen molar-refractivity contribution in [2.24, 2.45) is 0 Å². The van der Waals surface area contributed by atoms with Crippen LogP contribution in [-0.4, -0.2) is 8.94 Å². The standard InChI is InChI=1S/C15H11ClN2OS/c1-10-4-2-3-5-13(10)18-14(17-20-15(18)19)11-6-8-12(16)9-7-11/h2-9H,1H3. The summed E-state index contributed by atoms with van der Waals surface area (Å²) in [5.74, 6) is 0.644. The van der Waals surface area contributed by atoms with Crippen molar-refractivity contribution in [1.82, 2.24) is 8.94 Å². The largest absolute Gasteiger partial charge is 0.331 e. The minimum Gasteiger partial charge on any atom is -0.255 e. The number of para-hydroxylation sites is 1. The maximum Gasteiger partial charge on any atom is 0.331 e. The van der Waals surface area contributed by atoms with Gasteiger partial charge in [-0.2, -0.15) is 4.37 Å². The summed E-state index contributed by atoms with van der Waals surface area (Å²) >= 11 is 6.86. The van der Waals surface area contributed by atoms with E-state index < -0.39 is 0 Å². The second kappa shape index (κ2) is 5.23. The van der Waals surface area contributed by atoms with Crippen LogP contribution >= 0.6 is 23.1 Å². The normalized spacial score (nSPS) is 10.7. The molecule has 0 radical (unpaired) electrons. The Bertz CT molecular complexity index is 805. The van der Waals surface area contributed by atoms with E-state index in [1.54, 1.807) is 16.7 Å². The van der Waals surface area contributed by atoms with Gasteiger partial charge in [0.15, 0.2) is 5.82 Å². The van der Waals surface area contributed by atoms with E-state index >= 15 is 0 Å². The van der Waals surface area contributed by atoms with Crippen LogP contribution in [0.15, 0.2) is 53.3 Å². The number of aromatic nitrogens is 2. The Hall–Kier alpha value is -1.91. The molecule has 5 heteroatoms. The van der Waals surface area contributed by atoms with Crippen LogP contribution in [0, 0.1) is 6.92 Å². The average Bonchev–Trinajstić information content (AvgIpc) is 2.82. The highest BCUT2D eigenvalue weighted by molar-refractivity contribution is 7.03. The van der Waals surface area contributed by atoms with Gasteiger partial charge < -0.3 is 0 Å². The average molecular weight is 303 g/mol. The summed E-state index contributed by atoms with van der Waals surface area (Å²) in [7, 11) is 0. The number of halogens is 1. The number of rotatable bonds is 2. The molecule has 0 amide bonds. The Morgan fingerprint density at radius 1 is 1.10 bits per heavy atom. The van der Waals surface area contributed by atoms with Gasteiger partial charge in [-0.25, -0.2) is 4.57 Å². The molecule has 100 valence electrons. The summed E-state index contributed by atoms with van der Waals surface area (Å²) < 4.78 is 5.92. The fourth-order valence-corrected chi connectivity index (χ4v) is 2.80. The van der Waals surface area contributed by atoms with Crippen molar-refractivity contribution in [1.29, 1.82) is 0 Å². The molecular weight excluding hydrogens is 292 g/mol. The van der Waals surface area contributed by atoms with Crippen molar-refractivity contribution in [3.8, 4) is 17.1 Å². The van der Waals surface area contributed by atoms with E-state index in [4.69, 9.17) is 11.6 Å². The number of hydrogen-bond acceptors (Lipinski definition) is 3. The molecule has 1 aromatic heterocycles. The molecule has 0 fully saturated rings. The van der Waals surface area contributed by atoms with Crippen LogP contribution < -0.4 is 4.87 Å². The molecule has 0 spiro atoms. The number of benzene rings is 2. The monoisotopic (exact) mass is 302 g/mol.